The summed E-state index contributed by atoms with van der Waals surface area (Å²) in [6.45, 7) is 1.18. The average Bonchev–Trinajstić information content (AvgIpc) is 2.48. The lowest BCUT2D eigenvalue weighted by atomic mass is 9.95. The Kier molecular flexibility index (Phi) is 5.27. The standard InChI is InChI=1S/C15H18BrClN2O2/c1-18(2)14(20)10-5-7-19(8-6-10)15(21)12-9-11(16)3-4-13(12)17/h3-4,9-10H,5-8H2,1-2H3. The SMILES string of the molecule is CN(C)C(=O)C1CCN(C(=O)c2cc(Br)ccc2Cl)CC1. The second-order valence-corrected chi connectivity index (χ2v) is 6.75. The summed E-state index contributed by atoms with van der Waals surface area (Å²) in [5, 5.41) is 0.453. The Labute approximate surface area is 138 Å². The Morgan fingerprint density at radius 2 is 1.90 bits per heavy atom. The van der Waals surface area contributed by atoms with Gasteiger partial charge >= 0.3 is 0 Å². The van der Waals surface area contributed by atoms with Crippen molar-refractivity contribution in [3.05, 3.63) is 33.3 Å². The van der Waals surface area contributed by atoms with E-state index in [2.05, 4.69) is 15.9 Å². The molecule has 1 aliphatic heterocycles. The van der Waals surface area contributed by atoms with Gasteiger partial charge in [-0.1, -0.05) is 27.5 Å². The summed E-state index contributed by atoms with van der Waals surface area (Å²) in [6, 6.07) is 5.25. The first kappa shape index (κ1) is 16.3. The third kappa shape index (κ3) is 3.77. The van der Waals surface area contributed by atoms with Gasteiger partial charge in [-0.05, 0) is 31.0 Å². The van der Waals surface area contributed by atoms with Gasteiger partial charge in [0.25, 0.3) is 5.91 Å². The number of piperidine rings is 1. The molecule has 1 aromatic rings. The molecule has 0 unspecified atom stereocenters. The fraction of sp³-hybridized carbons (Fsp3) is 0.467. The van der Waals surface area contributed by atoms with Crippen LogP contribution in [0.3, 0.4) is 0 Å². The van der Waals surface area contributed by atoms with E-state index in [4.69, 9.17) is 11.6 Å². The predicted molar refractivity (Wildman–Crippen MR) is 86.5 cm³/mol. The van der Waals surface area contributed by atoms with E-state index < -0.39 is 0 Å². The van der Waals surface area contributed by atoms with E-state index in [-0.39, 0.29) is 17.7 Å². The van der Waals surface area contributed by atoms with Crippen LogP contribution in [0.25, 0.3) is 0 Å². The third-order valence-electron chi connectivity index (χ3n) is 3.73. The van der Waals surface area contributed by atoms with Crippen molar-refractivity contribution < 1.29 is 9.59 Å². The number of carbonyl (C=O) groups excluding carboxylic acids is 2. The normalized spacial score (nSPS) is 15.9. The smallest absolute Gasteiger partial charge is 0.255 e. The Morgan fingerprint density at radius 3 is 2.48 bits per heavy atom. The quantitative estimate of drug-likeness (QED) is 0.799. The van der Waals surface area contributed by atoms with Crippen LogP contribution in [0.4, 0.5) is 0 Å². The number of carbonyl (C=O) groups is 2. The van der Waals surface area contributed by atoms with Crippen molar-refractivity contribution in [3.8, 4) is 0 Å². The number of amides is 2. The zero-order valence-corrected chi connectivity index (χ0v) is 14.4. The van der Waals surface area contributed by atoms with Crippen LogP contribution in [0, 0.1) is 5.92 Å². The first-order valence-corrected chi connectivity index (χ1v) is 8.02. The maximum Gasteiger partial charge on any atom is 0.255 e. The van der Waals surface area contributed by atoms with E-state index in [1.807, 2.05) is 0 Å². The molecule has 0 radical (unpaired) electrons. The van der Waals surface area contributed by atoms with E-state index in [1.165, 1.54) is 0 Å². The van der Waals surface area contributed by atoms with Crippen molar-refractivity contribution in [2.75, 3.05) is 27.2 Å². The van der Waals surface area contributed by atoms with Gasteiger partial charge in [0.05, 0.1) is 10.6 Å². The Morgan fingerprint density at radius 1 is 1.29 bits per heavy atom. The molecule has 2 amide bonds. The highest BCUT2D eigenvalue weighted by molar-refractivity contribution is 9.10. The molecule has 1 heterocycles. The van der Waals surface area contributed by atoms with Gasteiger partial charge < -0.3 is 9.80 Å². The average molecular weight is 374 g/mol. The van der Waals surface area contributed by atoms with Crippen molar-refractivity contribution in [3.63, 3.8) is 0 Å². The molecule has 0 aliphatic carbocycles. The monoisotopic (exact) mass is 372 g/mol. The molecule has 0 N–H and O–H groups in total. The lowest BCUT2D eigenvalue weighted by molar-refractivity contribution is -0.134. The van der Waals surface area contributed by atoms with E-state index in [0.717, 1.165) is 4.47 Å². The molecule has 114 valence electrons. The number of hydrogen-bond donors (Lipinski definition) is 0. The zero-order valence-electron chi connectivity index (χ0n) is 12.1. The zero-order chi connectivity index (χ0) is 15.6. The molecule has 21 heavy (non-hydrogen) atoms. The molecule has 0 aromatic heterocycles. The predicted octanol–water partition coefficient (Wildman–Crippen LogP) is 3.04. The summed E-state index contributed by atoms with van der Waals surface area (Å²) in [7, 11) is 3.53. The first-order valence-electron chi connectivity index (χ1n) is 6.85. The molecule has 0 bridgehead atoms. The molecule has 1 fully saturated rings. The first-order chi connectivity index (χ1) is 9.90. The third-order valence-corrected chi connectivity index (χ3v) is 4.55. The molecule has 0 atom stereocenters. The van der Waals surface area contributed by atoms with Crippen molar-refractivity contribution >= 4 is 39.3 Å². The lowest BCUT2D eigenvalue weighted by Crippen LogP contribution is -2.42. The van der Waals surface area contributed by atoms with E-state index in [1.54, 1.807) is 42.1 Å². The topological polar surface area (TPSA) is 40.6 Å². The van der Waals surface area contributed by atoms with Crippen LogP contribution in [0.5, 0.6) is 0 Å². The van der Waals surface area contributed by atoms with Crippen molar-refractivity contribution in [2.24, 2.45) is 5.92 Å². The van der Waals surface area contributed by atoms with E-state index in [0.29, 0.717) is 36.5 Å². The fourth-order valence-electron chi connectivity index (χ4n) is 2.53. The van der Waals surface area contributed by atoms with Gasteiger partial charge in [0.2, 0.25) is 5.91 Å². The highest BCUT2D eigenvalue weighted by Crippen LogP contribution is 2.25. The van der Waals surface area contributed by atoms with Gasteiger partial charge in [-0.25, -0.2) is 0 Å². The number of benzene rings is 1. The van der Waals surface area contributed by atoms with Crippen molar-refractivity contribution in [1.29, 1.82) is 0 Å². The largest absolute Gasteiger partial charge is 0.349 e. The van der Waals surface area contributed by atoms with Gasteiger partial charge in [-0.15, -0.1) is 0 Å². The minimum Gasteiger partial charge on any atom is -0.349 e. The van der Waals surface area contributed by atoms with Crippen LogP contribution >= 0.6 is 27.5 Å². The van der Waals surface area contributed by atoms with Crippen LogP contribution in [-0.4, -0.2) is 48.8 Å². The highest BCUT2D eigenvalue weighted by Gasteiger charge is 2.29. The number of likely N-dealkylation sites (tertiary alicyclic amines) is 1. The van der Waals surface area contributed by atoms with Crippen LogP contribution < -0.4 is 0 Å². The highest BCUT2D eigenvalue weighted by atomic mass is 79.9. The molecule has 2 rings (SSSR count). The summed E-state index contributed by atoms with van der Waals surface area (Å²) < 4.78 is 0.827. The Bertz CT molecular complexity index is 555. The van der Waals surface area contributed by atoms with Crippen molar-refractivity contribution in [1.82, 2.24) is 9.80 Å². The van der Waals surface area contributed by atoms with Gasteiger partial charge in [-0.3, -0.25) is 9.59 Å². The Hall–Kier alpha value is -1.07. The van der Waals surface area contributed by atoms with Crippen LogP contribution in [-0.2, 0) is 4.79 Å². The minimum atomic E-state index is -0.0722. The molecule has 4 nitrogen and oxygen atoms in total. The van der Waals surface area contributed by atoms with E-state index >= 15 is 0 Å². The number of rotatable bonds is 2. The number of nitrogens with zero attached hydrogens (tertiary/aromatic N) is 2. The fourth-order valence-corrected chi connectivity index (χ4v) is 3.09. The molecule has 1 aromatic carbocycles. The number of halogens is 2. The Balaban J connectivity index is 2.03. The van der Waals surface area contributed by atoms with Gasteiger partial charge in [0, 0.05) is 37.6 Å². The molecular formula is C15H18BrClN2O2. The molecule has 6 heteroatoms. The van der Waals surface area contributed by atoms with E-state index in [9.17, 15) is 9.59 Å². The lowest BCUT2D eigenvalue weighted by Gasteiger charge is -2.32. The van der Waals surface area contributed by atoms with Crippen LogP contribution in [0.2, 0.25) is 5.02 Å². The molecule has 1 saturated heterocycles. The maximum absolute atomic E-state index is 12.5. The summed E-state index contributed by atoms with van der Waals surface area (Å²) >= 11 is 9.46. The summed E-state index contributed by atoms with van der Waals surface area (Å²) in [5.74, 6) is 0.0849. The van der Waals surface area contributed by atoms with Crippen LogP contribution in [0.1, 0.15) is 23.2 Å². The van der Waals surface area contributed by atoms with Crippen molar-refractivity contribution in [2.45, 2.75) is 12.8 Å². The summed E-state index contributed by atoms with van der Waals surface area (Å²) in [5.41, 5.74) is 0.503. The molecule has 0 saturated carbocycles. The summed E-state index contributed by atoms with van der Waals surface area (Å²) in [4.78, 5) is 27.8. The second kappa shape index (κ2) is 6.79. The van der Waals surface area contributed by atoms with Gasteiger partial charge in [0.1, 0.15) is 0 Å². The second-order valence-electron chi connectivity index (χ2n) is 5.42. The van der Waals surface area contributed by atoms with Gasteiger partial charge in [0.15, 0.2) is 0 Å². The maximum atomic E-state index is 12.5. The molecular weight excluding hydrogens is 356 g/mol. The number of hydrogen-bond acceptors (Lipinski definition) is 2. The molecule has 1 aliphatic rings. The van der Waals surface area contributed by atoms with Gasteiger partial charge in [-0.2, -0.15) is 0 Å². The van der Waals surface area contributed by atoms with Crippen LogP contribution in [0.15, 0.2) is 22.7 Å². The minimum absolute atomic E-state index is 0.0158. The molecule has 0 spiro atoms. The summed E-state index contributed by atoms with van der Waals surface area (Å²) in [6.07, 6.45) is 1.41.